The highest BCUT2D eigenvalue weighted by molar-refractivity contribution is 14.1. The Morgan fingerprint density at radius 3 is 1.94 bits per heavy atom. The van der Waals surface area contributed by atoms with E-state index in [4.69, 9.17) is 0 Å². The standard InChI is InChI=1S/C6H2F6INS2/c7-5(8,9)15-2-1-3(14-4(2)13)16-6(10,11)12/h1,14H. The second-order valence-corrected chi connectivity index (χ2v) is 5.70. The molecular weight excluding hydrogens is 391 g/mol. The average molecular weight is 393 g/mol. The summed E-state index contributed by atoms with van der Waals surface area (Å²) in [5.41, 5.74) is -9.03. The number of nitrogens with one attached hydrogen (secondary N) is 1. The molecule has 0 bridgehead atoms. The molecule has 1 nitrogen and oxygen atoms in total. The molecule has 0 saturated carbocycles. The Bertz CT molecular complexity index is 370. The van der Waals surface area contributed by atoms with Crippen LogP contribution in [0, 0.1) is 3.70 Å². The number of halogens is 7. The third kappa shape index (κ3) is 5.08. The SMILES string of the molecule is FC(F)(F)Sc1cc(SC(F)(F)F)c(I)[nH]1. The van der Waals surface area contributed by atoms with Crippen LogP contribution in [0.25, 0.3) is 0 Å². The maximum Gasteiger partial charge on any atom is 0.447 e. The molecule has 0 unspecified atom stereocenters. The van der Waals surface area contributed by atoms with Crippen molar-refractivity contribution in [2.24, 2.45) is 0 Å². The highest BCUT2D eigenvalue weighted by atomic mass is 127. The first kappa shape index (κ1) is 14.4. The normalized spacial score (nSPS) is 13.2. The molecule has 0 aliphatic rings. The number of thioether (sulfide) groups is 2. The summed E-state index contributed by atoms with van der Waals surface area (Å²) in [4.78, 5) is 1.97. The van der Waals surface area contributed by atoms with Gasteiger partial charge in [0.05, 0.1) is 8.73 Å². The maximum absolute atomic E-state index is 12.0. The van der Waals surface area contributed by atoms with Crippen LogP contribution in [-0.2, 0) is 0 Å². The van der Waals surface area contributed by atoms with Gasteiger partial charge < -0.3 is 4.98 Å². The molecule has 0 aliphatic carbocycles. The second kappa shape index (κ2) is 4.88. The zero-order valence-corrected chi connectivity index (χ0v) is 10.8. The van der Waals surface area contributed by atoms with Crippen molar-refractivity contribution in [3.8, 4) is 0 Å². The fourth-order valence-corrected chi connectivity index (χ4v) is 2.95. The first-order valence-corrected chi connectivity index (χ1v) is 6.18. The van der Waals surface area contributed by atoms with E-state index >= 15 is 0 Å². The van der Waals surface area contributed by atoms with Crippen LogP contribution in [0.3, 0.4) is 0 Å². The molecule has 16 heavy (non-hydrogen) atoms. The van der Waals surface area contributed by atoms with Crippen molar-refractivity contribution < 1.29 is 26.3 Å². The predicted octanol–water partition coefficient (Wildman–Crippen LogP) is 4.84. The molecule has 1 aromatic rings. The van der Waals surface area contributed by atoms with Crippen LogP contribution >= 0.6 is 46.1 Å². The summed E-state index contributed by atoms with van der Waals surface area (Å²) in [7, 11) is 0. The van der Waals surface area contributed by atoms with Gasteiger partial charge in [0, 0.05) is 16.7 Å². The van der Waals surface area contributed by atoms with Crippen LogP contribution in [0.2, 0.25) is 0 Å². The Balaban J connectivity index is 2.82. The number of hydrogen-bond acceptors (Lipinski definition) is 2. The Morgan fingerprint density at radius 2 is 1.50 bits per heavy atom. The number of hydrogen-bond donors (Lipinski definition) is 1. The third-order valence-electron chi connectivity index (χ3n) is 1.16. The van der Waals surface area contributed by atoms with Crippen LogP contribution in [-0.4, -0.2) is 16.0 Å². The van der Waals surface area contributed by atoms with E-state index in [2.05, 4.69) is 4.98 Å². The highest BCUT2D eigenvalue weighted by Crippen LogP contribution is 2.43. The minimum atomic E-state index is -4.52. The molecule has 0 atom stereocenters. The number of aromatic amines is 1. The first-order chi connectivity index (χ1) is 7.07. The summed E-state index contributed by atoms with van der Waals surface area (Å²) in [6.07, 6.45) is 0. The van der Waals surface area contributed by atoms with Crippen molar-refractivity contribution in [1.82, 2.24) is 4.98 Å². The van der Waals surface area contributed by atoms with E-state index < -0.39 is 34.5 Å². The van der Waals surface area contributed by atoms with Gasteiger partial charge in [0.25, 0.3) is 0 Å². The molecule has 0 fully saturated rings. The van der Waals surface area contributed by atoms with Crippen molar-refractivity contribution in [1.29, 1.82) is 0 Å². The monoisotopic (exact) mass is 393 g/mol. The van der Waals surface area contributed by atoms with E-state index in [1.807, 2.05) is 0 Å². The topological polar surface area (TPSA) is 15.8 Å². The zero-order valence-electron chi connectivity index (χ0n) is 7.04. The zero-order chi connectivity index (χ0) is 12.6. The van der Waals surface area contributed by atoms with Gasteiger partial charge in [0.2, 0.25) is 0 Å². The van der Waals surface area contributed by atoms with E-state index in [-0.39, 0.29) is 13.6 Å². The van der Waals surface area contributed by atoms with Crippen molar-refractivity contribution in [3.05, 3.63) is 9.77 Å². The lowest BCUT2D eigenvalue weighted by Gasteiger charge is -2.03. The minimum Gasteiger partial charge on any atom is -0.344 e. The van der Waals surface area contributed by atoms with Crippen molar-refractivity contribution in [3.63, 3.8) is 0 Å². The summed E-state index contributed by atoms with van der Waals surface area (Å²) >= 11 is 0.591. The van der Waals surface area contributed by atoms with Crippen molar-refractivity contribution in [2.75, 3.05) is 0 Å². The van der Waals surface area contributed by atoms with Gasteiger partial charge in [-0.2, -0.15) is 26.3 Å². The van der Waals surface area contributed by atoms with Crippen LogP contribution < -0.4 is 0 Å². The quantitative estimate of drug-likeness (QED) is 0.440. The van der Waals surface area contributed by atoms with Gasteiger partial charge in [-0.3, -0.25) is 0 Å². The molecule has 0 spiro atoms. The number of aromatic nitrogens is 1. The van der Waals surface area contributed by atoms with Gasteiger partial charge >= 0.3 is 11.0 Å². The van der Waals surface area contributed by atoms with Gasteiger partial charge in [-0.25, -0.2) is 0 Å². The van der Waals surface area contributed by atoms with Crippen LogP contribution in [0.5, 0.6) is 0 Å². The van der Waals surface area contributed by atoms with E-state index in [1.165, 1.54) is 22.6 Å². The van der Waals surface area contributed by atoms with Gasteiger partial charge in [-0.15, -0.1) is 0 Å². The van der Waals surface area contributed by atoms with Crippen LogP contribution in [0.4, 0.5) is 26.3 Å². The summed E-state index contributed by atoms with van der Waals surface area (Å²) in [5, 5.41) is -0.358. The third-order valence-corrected chi connectivity index (χ3v) is 3.82. The van der Waals surface area contributed by atoms with Crippen molar-refractivity contribution >= 4 is 46.1 Å². The summed E-state index contributed by atoms with van der Waals surface area (Å²) < 4.78 is 71.8. The lowest BCUT2D eigenvalue weighted by atomic mass is 10.7. The molecule has 92 valence electrons. The highest BCUT2D eigenvalue weighted by Gasteiger charge is 2.33. The Kier molecular flexibility index (Phi) is 4.38. The minimum absolute atomic E-state index is 0.0340. The molecule has 1 heterocycles. The van der Waals surface area contributed by atoms with E-state index in [1.54, 1.807) is 0 Å². The van der Waals surface area contributed by atoms with Crippen molar-refractivity contribution in [2.45, 2.75) is 20.9 Å². The van der Waals surface area contributed by atoms with Gasteiger partial charge in [-0.05, 0) is 40.4 Å². The largest absolute Gasteiger partial charge is 0.447 e. The smallest absolute Gasteiger partial charge is 0.344 e. The van der Waals surface area contributed by atoms with E-state index in [9.17, 15) is 26.3 Å². The Morgan fingerprint density at radius 1 is 1.00 bits per heavy atom. The summed E-state index contributed by atoms with van der Waals surface area (Å²) in [5.74, 6) is 0. The Labute approximate surface area is 108 Å². The average Bonchev–Trinajstić information content (AvgIpc) is 2.23. The molecule has 1 rings (SSSR count). The summed E-state index contributed by atoms with van der Waals surface area (Å²) in [6.45, 7) is 0. The van der Waals surface area contributed by atoms with Crippen LogP contribution in [0.15, 0.2) is 16.0 Å². The molecule has 1 aromatic heterocycles. The molecule has 0 aliphatic heterocycles. The molecule has 0 radical (unpaired) electrons. The van der Waals surface area contributed by atoms with Gasteiger partial charge in [0.15, 0.2) is 0 Å². The lowest BCUT2D eigenvalue weighted by Crippen LogP contribution is -1.99. The molecule has 0 amide bonds. The number of rotatable bonds is 2. The Hall–Kier alpha value is 0.290. The van der Waals surface area contributed by atoms with Gasteiger partial charge in [-0.1, -0.05) is 0 Å². The molecular formula is C6H2F6INS2. The predicted molar refractivity (Wildman–Crippen MR) is 57.3 cm³/mol. The molecule has 0 aromatic carbocycles. The molecule has 0 saturated heterocycles. The molecule has 1 N–H and O–H groups in total. The lowest BCUT2D eigenvalue weighted by molar-refractivity contribution is -0.0336. The molecule has 10 heteroatoms. The fourth-order valence-electron chi connectivity index (χ4n) is 0.767. The van der Waals surface area contributed by atoms with E-state index in [0.717, 1.165) is 6.07 Å². The first-order valence-electron chi connectivity index (χ1n) is 3.47. The fraction of sp³-hybridized carbons (Fsp3) is 0.333. The summed E-state index contributed by atoms with van der Waals surface area (Å²) in [6, 6.07) is 0.831. The van der Waals surface area contributed by atoms with Crippen LogP contribution in [0.1, 0.15) is 0 Å². The van der Waals surface area contributed by atoms with Gasteiger partial charge in [0.1, 0.15) is 0 Å². The van der Waals surface area contributed by atoms with E-state index in [0.29, 0.717) is 0 Å². The maximum atomic E-state index is 12.0. The number of alkyl halides is 6. The second-order valence-electron chi connectivity index (χ2n) is 2.41. The number of H-pyrrole nitrogens is 1.